The average molecular weight is 514 g/mol. The van der Waals surface area contributed by atoms with Gasteiger partial charge in [0.15, 0.2) is 5.79 Å². The summed E-state index contributed by atoms with van der Waals surface area (Å²) in [5, 5.41) is 29.6. The zero-order valence-electron chi connectivity index (χ0n) is 19.7. The van der Waals surface area contributed by atoms with Gasteiger partial charge >= 0.3 is 0 Å². The van der Waals surface area contributed by atoms with Crippen LogP contribution in [0.15, 0.2) is 58.8 Å². The van der Waals surface area contributed by atoms with E-state index in [1.807, 2.05) is 0 Å². The van der Waals surface area contributed by atoms with Crippen molar-refractivity contribution in [1.29, 1.82) is 0 Å². The van der Waals surface area contributed by atoms with Gasteiger partial charge in [-0.2, -0.15) is 0 Å². The molecule has 0 spiro atoms. The van der Waals surface area contributed by atoms with Crippen molar-refractivity contribution in [2.45, 2.75) is 43.9 Å². The summed E-state index contributed by atoms with van der Waals surface area (Å²) in [6.07, 6.45) is -1.93. The molecule has 16 nitrogen and oxygen atoms in total. The van der Waals surface area contributed by atoms with Crippen LogP contribution in [-0.2, 0) is 9.47 Å². The van der Waals surface area contributed by atoms with Crippen LogP contribution in [0.4, 0.5) is 11.4 Å². The molecule has 1 aliphatic heterocycles. The zero-order chi connectivity index (χ0) is 27.0. The monoisotopic (exact) mass is 514 g/mol. The number of benzene rings is 2. The maximum Gasteiger partial charge on any atom is 0.273 e. The van der Waals surface area contributed by atoms with E-state index >= 15 is 0 Å². The largest absolute Gasteiger partial charge is 0.493 e. The van der Waals surface area contributed by atoms with Crippen molar-refractivity contribution >= 4 is 11.4 Å². The van der Waals surface area contributed by atoms with Gasteiger partial charge in [-0.25, -0.2) is 0 Å². The van der Waals surface area contributed by atoms with E-state index in [9.17, 15) is 20.2 Å². The number of nitro groups is 2. The highest BCUT2D eigenvalue weighted by Crippen LogP contribution is 2.35. The second kappa shape index (κ2) is 11.9. The van der Waals surface area contributed by atoms with Crippen LogP contribution in [0, 0.1) is 20.2 Å². The highest BCUT2D eigenvalue weighted by atomic mass is 16.8. The predicted molar refractivity (Wildman–Crippen MR) is 127 cm³/mol. The molecule has 1 heterocycles. The highest BCUT2D eigenvalue weighted by molar-refractivity contribution is 5.38. The van der Waals surface area contributed by atoms with Crippen LogP contribution < -0.4 is 9.47 Å². The van der Waals surface area contributed by atoms with Gasteiger partial charge in [0.25, 0.3) is 11.4 Å². The zero-order valence-corrected chi connectivity index (χ0v) is 19.7. The number of rotatable bonds is 12. The Morgan fingerprint density at radius 2 is 1.30 bits per heavy atom. The molecule has 4 atom stereocenters. The fourth-order valence-electron chi connectivity index (χ4n) is 3.67. The van der Waals surface area contributed by atoms with E-state index in [1.54, 1.807) is 13.8 Å². The van der Waals surface area contributed by atoms with Crippen LogP contribution in [0.5, 0.6) is 11.5 Å². The minimum atomic E-state index is -1.17. The molecule has 194 valence electrons. The van der Waals surface area contributed by atoms with Gasteiger partial charge in [0.2, 0.25) is 0 Å². The molecule has 0 unspecified atom stereocenters. The molecule has 3 rings (SSSR count). The van der Waals surface area contributed by atoms with E-state index in [0.29, 0.717) is 0 Å². The van der Waals surface area contributed by atoms with Crippen LogP contribution in [0.2, 0.25) is 0 Å². The van der Waals surface area contributed by atoms with Gasteiger partial charge in [-0.3, -0.25) is 20.2 Å². The molecule has 0 radical (unpaired) electrons. The molecule has 0 aromatic heterocycles. The Morgan fingerprint density at radius 1 is 0.892 bits per heavy atom. The summed E-state index contributed by atoms with van der Waals surface area (Å²) in [7, 11) is 0. The molecular formula is C21H22N8O8. The fraction of sp³-hybridized carbons (Fsp3) is 0.429. The summed E-state index contributed by atoms with van der Waals surface area (Å²) in [5.41, 5.74) is 17.9. The lowest BCUT2D eigenvalue weighted by molar-refractivity contribution is -0.385. The first-order valence-corrected chi connectivity index (χ1v) is 10.8. The summed E-state index contributed by atoms with van der Waals surface area (Å²) in [6, 6.07) is 8.95. The molecule has 0 bridgehead atoms. The number of hydrogen-bond donors (Lipinski definition) is 0. The standard InChI is InChI=1S/C21H22N8O8/c1-21(2)36-19(17(24-26-22)11-34-15-7-3-5-13(9-15)28(30)31)20(37-21)18(25-27-23)12-35-16-8-4-6-14(10-16)29(32)33/h3-10,17-20H,11-12H2,1-2H3/t17-,18-,19+,20+/m0/s1. The van der Waals surface area contributed by atoms with Crippen LogP contribution in [0.25, 0.3) is 20.9 Å². The van der Waals surface area contributed by atoms with Crippen LogP contribution in [0.3, 0.4) is 0 Å². The number of non-ortho nitro benzene ring substituents is 2. The van der Waals surface area contributed by atoms with Crippen molar-refractivity contribution in [1.82, 2.24) is 0 Å². The Morgan fingerprint density at radius 3 is 1.65 bits per heavy atom. The van der Waals surface area contributed by atoms with E-state index in [4.69, 9.17) is 30.0 Å². The van der Waals surface area contributed by atoms with Gasteiger partial charge in [0.1, 0.15) is 23.6 Å². The number of hydrogen-bond acceptors (Lipinski definition) is 10. The number of nitro benzene ring substituents is 2. The first-order valence-electron chi connectivity index (χ1n) is 10.8. The molecule has 1 saturated heterocycles. The van der Waals surface area contributed by atoms with Gasteiger partial charge in [-0.05, 0) is 37.0 Å². The molecule has 1 fully saturated rings. The van der Waals surface area contributed by atoms with Gasteiger partial charge in [0, 0.05) is 22.0 Å². The predicted octanol–water partition coefficient (Wildman–Crippen LogP) is 4.84. The third-order valence-electron chi connectivity index (χ3n) is 5.22. The number of ether oxygens (including phenoxy) is 4. The minimum absolute atomic E-state index is 0.169. The number of azide groups is 2. The molecule has 2 aromatic carbocycles. The summed E-state index contributed by atoms with van der Waals surface area (Å²) < 4.78 is 23.2. The van der Waals surface area contributed by atoms with Crippen LogP contribution >= 0.6 is 0 Å². The first kappa shape index (κ1) is 27.0. The summed E-state index contributed by atoms with van der Waals surface area (Å²) in [6.45, 7) is 2.76. The van der Waals surface area contributed by atoms with Gasteiger partial charge in [-0.15, -0.1) is 0 Å². The molecule has 1 aliphatic rings. The molecule has 0 aliphatic carbocycles. The topological polar surface area (TPSA) is 221 Å². The maximum atomic E-state index is 11.0. The quantitative estimate of drug-likeness (QED) is 0.125. The Hall–Kier alpha value is -4.62. The van der Waals surface area contributed by atoms with Crippen molar-refractivity contribution in [3.05, 3.63) is 89.6 Å². The Labute approximate surface area is 209 Å². The van der Waals surface area contributed by atoms with Crippen LogP contribution in [0.1, 0.15) is 13.8 Å². The molecule has 0 saturated carbocycles. The smallest absolute Gasteiger partial charge is 0.273 e. The Balaban J connectivity index is 1.81. The normalized spacial score (nSPS) is 19.5. The van der Waals surface area contributed by atoms with Crippen molar-refractivity contribution in [3.8, 4) is 11.5 Å². The van der Waals surface area contributed by atoms with E-state index in [2.05, 4.69) is 20.1 Å². The number of nitrogens with zero attached hydrogens (tertiary/aromatic N) is 8. The van der Waals surface area contributed by atoms with Gasteiger partial charge in [0.05, 0.1) is 47.4 Å². The van der Waals surface area contributed by atoms with E-state index in [-0.39, 0.29) is 36.1 Å². The molecule has 16 heteroatoms. The average Bonchev–Trinajstić information content (AvgIpc) is 3.19. The van der Waals surface area contributed by atoms with Crippen molar-refractivity contribution < 1.29 is 28.8 Å². The lowest BCUT2D eigenvalue weighted by Gasteiger charge is -2.26. The lowest BCUT2D eigenvalue weighted by Crippen LogP contribution is -2.45. The second-order valence-electron chi connectivity index (χ2n) is 8.24. The lowest BCUT2D eigenvalue weighted by atomic mass is 10.0. The summed E-state index contributed by atoms with van der Waals surface area (Å²) in [4.78, 5) is 26.6. The van der Waals surface area contributed by atoms with E-state index in [0.717, 1.165) is 0 Å². The molecule has 0 amide bonds. The Bertz CT molecular complexity index is 1150. The fourth-order valence-corrected chi connectivity index (χ4v) is 3.67. The third kappa shape index (κ3) is 7.19. The van der Waals surface area contributed by atoms with Gasteiger partial charge in [-0.1, -0.05) is 22.4 Å². The van der Waals surface area contributed by atoms with Crippen molar-refractivity contribution in [2.24, 2.45) is 10.2 Å². The maximum absolute atomic E-state index is 11.0. The third-order valence-corrected chi connectivity index (χ3v) is 5.22. The van der Waals surface area contributed by atoms with Gasteiger partial charge < -0.3 is 18.9 Å². The molecular weight excluding hydrogens is 492 g/mol. The minimum Gasteiger partial charge on any atom is -0.493 e. The van der Waals surface area contributed by atoms with Crippen molar-refractivity contribution in [3.63, 3.8) is 0 Å². The van der Waals surface area contributed by atoms with Crippen LogP contribution in [-0.4, -0.2) is 53.1 Å². The SMILES string of the molecule is CC1(C)O[C@H]([C@H](COc2cccc([N+](=O)[O-])c2)N=[N+]=[N-])[C@@H]([C@H](COc2cccc([N+](=O)[O-])c2)N=[N+]=[N-])O1. The molecule has 2 aromatic rings. The summed E-state index contributed by atoms with van der Waals surface area (Å²) >= 11 is 0. The van der Waals surface area contributed by atoms with E-state index in [1.165, 1.54) is 48.5 Å². The Kier molecular flexibility index (Phi) is 8.66. The van der Waals surface area contributed by atoms with Crippen molar-refractivity contribution in [2.75, 3.05) is 13.2 Å². The van der Waals surface area contributed by atoms with E-state index < -0.39 is 39.9 Å². The molecule has 0 N–H and O–H groups in total. The highest BCUT2D eigenvalue weighted by Gasteiger charge is 2.48. The first-order chi connectivity index (χ1) is 17.6. The second-order valence-corrected chi connectivity index (χ2v) is 8.24. The molecule has 37 heavy (non-hydrogen) atoms. The summed E-state index contributed by atoms with van der Waals surface area (Å²) in [5.74, 6) is -0.830.